The highest BCUT2D eigenvalue weighted by atomic mass is 19.3. The number of rotatable bonds is 8. The van der Waals surface area contributed by atoms with E-state index in [1.54, 1.807) is 19.1 Å². The second-order valence-corrected chi connectivity index (χ2v) is 3.56. The number of halogens is 2. The van der Waals surface area contributed by atoms with E-state index in [0.717, 1.165) is 5.56 Å². The summed E-state index contributed by atoms with van der Waals surface area (Å²) in [5.41, 5.74) is 6.28. The zero-order valence-corrected chi connectivity index (χ0v) is 10.3. The molecule has 0 saturated heterocycles. The lowest BCUT2D eigenvalue weighted by molar-refractivity contribution is -0.0514. The van der Waals surface area contributed by atoms with E-state index in [0.29, 0.717) is 32.0 Å². The molecule has 0 unspecified atom stereocenters. The van der Waals surface area contributed by atoms with Crippen molar-refractivity contribution >= 4 is 0 Å². The molecule has 0 radical (unpaired) electrons. The van der Waals surface area contributed by atoms with E-state index < -0.39 is 6.61 Å². The quantitative estimate of drug-likeness (QED) is 0.699. The average Bonchev–Trinajstić information content (AvgIpc) is 2.32. The van der Waals surface area contributed by atoms with Crippen molar-refractivity contribution in [2.75, 3.05) is 19.7 Å². The van der Waals surface area contributed by atoms with Crippen LogP contribution in [0.2, 0.25) is 0 Å². The van der Waals surface area contributed by atoms with Crippen LogP contribution in [0.4, 0.5) is 8.78 Å². The summed E-state index contributed by atoms with van der Waals surface area (Å²) in [7, 11) is 0. The lowest BCUT2D eigenvalue weighted by Gasteiger charge is -2.13. The number of benzene rings is 1. The van der Waals surface area contributed by atoms with Crippen LogP contribution in [0.25, 0.3) is 0 Å². The fourth-order valence-corrected chi connectivity index (χ4v) is 1.46. The van der Waals surface area contributed by atoms with Crippen molar-refractivity contribution in [3.8, 4) is 11.5 Å². The van der Waals surface area contributed by atoms with E-state index in [1.807, 2.05) is 0 Å². The molecule has 0 saturated carbocycles. The SMILES string of the molecule is CCOc1cc(CNCCN)ccc1OC(F)F. The Bertz CT molecular complexity index is 362. The van der Waals surface area contributed by atoms with Gasteiger partial charge in [0, 0.05) is 19.6 Å². The molecule has 1 aromatic carbocycles. The van der Waals surface area contributed by atoms with Crippen LogP contribution < -0.4 is 20.5 Å². The highest BCUT2D eigenvalue weighted by Crippen LogP contribution is 2.29. The summed E-state index contributed by atoms with van der Waals surface area (Å²) >= 11 is 0. The number of hydrogen-bond acceptors (Lipinski definition) is 4. The van der Waals surface area contributed by atoms with Gasteiger partial charge in [0.1, 0.15) is 0 Å². The molecule has 0 fully saturated rings. The van der Waals surface area contributed by atoms with Crippen molar-refractivity contribution in [2.24, 2.45) is 5.73 Å². The maximum absolute atomic E-state index is 12.2. The Morgan fingerprint density at radius 1 is 1.33 bits per heavy atom. The lowest BCUT2D eigenvalue weighted by Crippen LogP contribution is -2.21. The largest absolute Gasteiger partial charge is 0.490 e. The van der Waals surface area contributed by atoms with Crippen molar-refractivity contribution in [2.45, 2.75) is 20.1 Å². The predicted octanol–water partition coefficient (Wildman–Crippen LogP) is 1.73. The van der Waals surface area contributed by atoms with E-state index in [4.69, 9.17) is 10.5 Å². The molecule has 1 aromatic rings. The number of nitrogens with one attached hydrogen (secondary N) is 1. The molecule has 6 heteroatoms. The van der Waals surface area contributed by atoms with Crippen molar-refractivity contribution in [1.82, 2.24) is 5.32 Å². The molecular weight excluding hydrogens is 242 g/mol. The van der Waals surface area contributed by atoms with Crippen LogP contribution >= 0.6 is 0 Å². The summed E-state index contributed by atoms with van der Waals surface area (Å²) in [6.45, 7) is 1.16. The van der Waals surface area contributed by atoms with Gasteiger partial charge in [0.15, 0.2) is 11.5 Å². The van der Waals surface area contributed by atoms with Crippen molar-refractivity contribution in [3.05, 3.63) is 23.8 Å². The summed E-state index contributed by atoms with van der Waals surface area (Å²) in [5, 5.41) is 3.11. The normalized spacial score (nSPS) is 10.7. The molecule has 4 nitrogen and oxygen atoms in total. The van der Waals surface area contributed by atoms with Gasteiger partial charge in [-0.1, -0.05) is 6.07 Å². The zero-order chi connectivity index (χ0) is 13.4. The van der Waals surface area contributed by atoms with Crippen LogP contribution in [-0.2, 0) is 6.54 Å². The average molecular weight is 260 g/mol. The van der Waals surface area contributed by atoms with E-state index in [-0.39, 0.29) is 5.75 Å². The Morgan fingerprint density at radius 3 is 2.72 bits per heavy atom. The van der Waals surface area contributed by atoms with E-state index in [2.05, 4.69) is 10.1 Å². The van der Waals surface area contributed by atoms with Gasteiger partial charge in [0.05, 0.1) is 6.61 Å². The minimum Gasteiger partial charge on any atom is -0.490 e. The van der Waals surface area contributed by atoms with Crippen LogP contribution in [0, 0.1) is 0 Å². The predicted molar refractivity (Wildman–Crippen MR) is 65.0 cm³/mol. The summed E-state index contributed by atoms with van der Waals surface area (Å²) in [5.74, 6) is 0.374. The first-order valence-electron chi connectivity index (χ1n) is 5.78. The molecule has 102 valence electrons. The van der Waals surface area contributed by atoms with Gasteiger partial charge in [0.2, 0.25) is 0 Å². The van der Waals surface area contributed by atoms with Crippen molar-refractivity contribution in [1.29, 1.82) is 0 Å². The smallest absolute Gasteiger partial charge is 0.387 e. The molecule has 0 atom stereocenters. The Balaban J connectivity index is 2.74. The fourth-order valence-electron chi connectivity index (χ4n) is 1.46. The monoisotopic (exact) mass is 260 g/mol. The highest BCUT2D eigenvalue weighted by molar-refractivity contribution is 5.43. The van der Waals surface area contributed by atoms with Gasteiger partial charge in [0.25, 0.3) is 0 Å². The van der Waals surface area contributed by atoms with Crippen molar-refractivity contribution in [3.63, 3.8) is 0 Å². The second-order valence-electron chi connectivity index (χ2n) is 3.56. The Kier molecular flexibility index (Phi) is 6.38. The molecule has 0 bridgehead atoms. The van der Waals surface area contributed by atoms with Crippen LogP contribution in [-0.4, -0.2) is 26.3 Å². The van der Waals surface area contributed by atoms with Gasteiger partial charge in [-0.15, -0.1) is 0 Å². The summed E-state index contributed by atoms with van der Waals surface area (Å²) in [6, 6.07) is 4.88. The molecule has 0 spiro atoms. The third-order valence-electron chi connectivity index (χ3n) is 2.17. The van der Waals surface area contributed by atoms with Crippen LogP contribution in [0.15, 0.2) is 18.2 Å². The number of ether oxygens (including phenoxy) is 2. The first-order chi connectivity index (χ1) is 8.67. The molecule has 18 heavy (non-hydrogen) atoms. The summed E-state index contributed by atoms with van der Waals surface area (Å²) in [6.07, 6.45) is 0. The first kappa shape index (κ1) is 14.7. The van der Waals surface area contributed by atoms with Gasteiger partial charge in [-0.25, -0.2) is 0 Å². The van der Waals surface area contributed by atoms with Gasteiger partial charge in [-0.05, 0) is 24.6 Å². The molecule has 0 aliphatic rings. The molecule has 0 amide bonds. The first-order valence-corrected chi connectivity index (χ1v) is 5.78. The number of nitrogens with two attached hydrogens (primary N) is 1. The minimum absolute atomic E-state index is 0.0504. The molecule has 0 heterocycles. The van der Waals surface area contributed by atoms with E-state index in [1.165, 1.54) is 6.07 Å². The third-order valence-corrected chi connectivity index (χ3v) is 2.17. The van der Waals surface area contributed by atoms with E-state index >= 15 is 0 Å². The molecular formula is C12H18F2N2O2. The van der Waals surface area contributed by atoms with Gasteiger partial charge in [-0.2, -0.15) is 8.78 Å². The van der Waals surface area contributed by atoms with E-state index in [9.17, 15) is 8.78 Å². The maximum Gasteiger partial charge on any atom is 0.387 e. The molecule has 3 N–H and O–H groups in total. The standard InChI is InChI=1S/C12H18F2N2O2/c1-2-17-11-7-9(8-16-6-5-15)3-4-10(11)18-12(13)14/h3-4,7,12,16H,2,5-6,8,15H2,1H3. The molecule has 1 rings (SSSR count). The Morgan fingerprint density at radius 2 is 2.11 bits per heavy atom. The Hall–Kier alpha value is -1.40. The van der Waals surface area contributed by atoms with Gasteiger partial charge in [-0.3, -0.25) is 0 Å². The minimum atomic E-state index is -2.86. The maximum atomic E-state index is 12.2. The van der Waals surface area contributed by atoms with Crippen LogP contribution in [0.5, 0.6) is 11.5 Å². The molecule has 0 aliphatic heterocycles. The number of alkyl halides is 2. The number of hydrogen-bond donors (Lipinski definition) is 2. The zero-order valence-electron chi connectivity index (χ0n) is 10.3. The van der Waals surface area contributed by atoms with Crippen LogP contribution in [0.1, 0.15) is 12.5 Å². The molecule has 0 aliphatic carbocycles. The lowest BCUT2D eigenvalue weighted by atomic mass is 10.2. The fraction of sp³-hybridized carbons (Fsp3) is 0.500. The van der Waals surface area contributed by atoms with Gasteiger partial charge >= 0.3 is 6.61 Å². The van der Waals surface area contributed by atoms with Crippen LogP contribution in [0.3, 0.4) is 0 Å². The summed E-state index contributed by atoms with van der Waals surface area (Å²) < 4.78 is 34.0. The highest BCUT2D eigenvalue weighted by Gasteiger charge is 2.11. The van der Waals surface area contributed by atoms with Gasteiger partial charge < -0.3 is 20.5 Å². The third kappa shape index (κ3) is 4.85. The second kappa shape index (κ2) is 7.84. The Labute approximate surface area is 105 Å². The topological polar surface area (TPSA) is 56.5 Å². The molecule has 0 aromatic heterocycles. The van der Waals surface area contributed by atoms with Crippen molar-refractivity contribution < 1.29 is 18.3 Å². The summed E-state index contributed by atoms with van der Waals surface area (Å²) in [4.78, 5) is 0.